The average Bonchev–Trinajstić information content (AvgIpc) is 3.18. The molecule has 1 aliphatic carbocycles. The van der Waals surface area contributed by atoms with Crippen LogP contribution in [0.4, 0.5) is 0 Å². The molecule has 0 saturated heterocycles. The summed E-state index contributed by atoms with van der Waals surface area (Å²) in [5.74, 6) is -0.517. The minimum atomic E-state index is -0.429. The van der Waals surface area contributed by atoms with Gasteiger partial charge in [-0.1, -0.05) is 30.3 Å². The molecule has 0 bridgehead atoms. The maximum absolute atomic E-state index is 12.0. The Hall–Kier alpha value is -1.84. The van der Waals surface area contributed by atoms with E-state index in [1.165, 1.54) is 7.11 Å². The lowest BCUT2D eigenvalue weighted by Crippen LogP contribution is -2.38. The number of nitrogens with one attached hydrogen (secondary N) is 1. The highest BCUT2D eigenvalue weighted by atomic mass is 16.5. The Morgan fingerprint density at radius 3 is 2.47 bits per heavy atom. The Labute approximate surface area is 100.0 Å². The van der Waals surface area contributed by atoms with E-state index < -0.39 is 11.4 Å². The highest BCUT2D eigenvalue weighted by Gasteiger charge is 2.51. The van der Waals surface area contributed by atoms with Crippen LogP contribution >= 0.6 is 0 Å². The van der Waals surface area contributed by atoms with Crippen LogP contribution < -0.4 is 5.32 Å². The lowest BCUT2D eigenvalue weighted by atomic mass is 9.95. The maximum Gasteiger partial charge on any atom is 0.325 e. The fourth-order valence-electron chi connectivity index (χ4n) is 1.92. The molecule has 1 aromatic rings. The standard InChI is InChI=1S/C13H15NO3/c1-17-11(15)9-14-12(16)13(7-8-13)10-5-3-2-4-6-10/h2-6H,7-9H2,1H3,(H,14,16). The first-order valence-electron chi connectivity index (χ1n) is 5.60. The molecule has 4 heteroatoms. The second kappa shape index (κ2) is 4.57. The van der Waals surface area contributed by atoms with Crippen molar-refractivity contribution in [2.24, 2.45) is 0 Å². The third-order valence-corrected chi connectivity index (χ3v) is 3.13. The molecule has 4 nitrogen and oxygen atoms in total. The van der Waals surface area contributed by atoms with E-state index in [2.05, 4.69) is 10.1 Å². The van der Waals surface area contributed by atoms with Gasteiger partial charge >= 0.3 is 5.97 Å². The summed E-state index contributed by atoms with van der Waals surface area (Å²) in [6.07, 6.45) is 1.67. The van der Waals surface area contributed by atoms with Crippen molar-refractivity contribution >= 4 is 11.9 Å². The molecular formula is C13H15NO3. The normalized spacial score (nSPS) is 16.1. The predicted octanol–water partition coefficient (Wildman–Crippen LogP) is 1.01. The first-order chi connectivity index (χ1) is 8.19. The van der Waals surface area contributed by atoms with E-state index in [9.17, 15) is 9.59 Å². The van der Waals surface area contributed by atoms with Gasteiger partial charge in [-0.15, -0.1) is 0 Å². The van der Waals surface area contributed by atoms with Crippen LogP contribution in [0, 0.1) is 0 Å². The van der Waals surface area contributed by atoms with Gasteiger partial charge < -0.3 is 10.1 Å². The molecule has 0 unspecified atom stereocenters. The molecule has 1 N–H and O–H groups in total. The fraction of sp³-hybridized carbons (Fsp3) is 0.385. The second-order valence-electron chi connectivity index (χ2n) is 4.21. The van der Waals surface area contributed by atoms with Crippen molar-refractivity contribution in [1.82, 2.24) is 5.32 Å². The number of hydrogen-bond acceptors (Lipinski definition) is 3. The number of carbonyl (C=O) groups excluding carboxylic acids is 2. The Morgan fingerprint density at radius 2 is 1.94 bits per heavy atom. The SMILES string of the molecule is COC(=O)CNC(=O)C1(c2ccccc2)CC1. The first kappa shape index (κ1) is 11.6. The topological polar surface area (TPSA) is 55.4 Å². The second-order valence-corrected chi connectivity index (χ2v) is 4.21. The molecule has 90 valence electrons. The summed E-state index contributed by atoms with van der Waals surface area (Å²) in [6, 6.07) is 9.66. The van der Waals surface area contributed by atoms with E-state index in [4.69, 9.17) is 0 Å². The van der Waals surface area contributed by atoms with E-state index in [-0.39, 0.29) is 12.5 Å². The van der Waals surface area contributed by atoms with Crippen LogP contribution in [0.2, 0.25) is 0 Å². The zero-order valence-corrected chi connectivity index (χ0v) is 9.73. The summed E-state index contributed by atoms with van der Waals surface area (Å²) < 4.78 is 4.49. The molecule has 17 heavy (non-hydrogen) atoms. The summed E-state index contributed by atoms with van der Waals surface area (Å²) in [5.41, 5.74) is 0.595. The summed E-state index contributed by atoms with van der Waals surface area (Å²) in [5, 5.41) is 2.62. The van der Waals surface area contributed by atoms with Crippen LogP contribution in [0.3, 0.4) is 0 Å². The van der Waals surface area contributed by atoms with Gasteiger partial charge in [0.05, 0.1) is 12.5 Å². The number of rotatable bonds is 4. The number of benzene rings is 1. The Bertz CT molecular complexity index is 424. The number of ether oxygens (including phenoxy) is 1. The number of methoxy groups -OCH3 is 1. The van der Waals surface area contributed by atoms with Crippen LogP contribution in [0.25, 0.3) is 0 Å². The minimum Gasteiger partial charge on any atom is -0.468 e. The number of hydrogen-bond donors (Lipinski definition) is 1. The van der Waals surface area contributed by atoms with Crippen molar-refractivity contribution in [2.75, 3.05) is 13.7 Å². The van der Waals surface area contributed by atoms with Crippen LogP contribution in [-0.4, -0.2) is 25.5 Å². The van der Waals surface area contributed by atoms with E-state index in [1.807, 2.05) is 30.3 Å². The molecular weight excluding hydrogens is 218 g/mol. The molecule has 0 aliphatic heterocycles. The summed E-state index contributed by atoms with van der Waals surface area (Å²) in [7, 11) is 1.30. The lowest BCUT2D eigenvalue weighted by Gasteiger charge is -2.14. The van der Waals surface area contributed by atoms with E-state index >= 15 is 0 Å². The number of esters is 1. The van der Waals surface area contributed by atoms with E-state index in [0.717, 1.165) is 18.4 Å². The van der Waals surface area contributed by atoms with Gasteiger partial charge in [0.1, 0.15) is 6.54 Å². The van der Waals surface area contributed by atoms with Crippen molar-refractivity contribution in [3.63, 3.8) is 0 Å². The molecule has 0 atom stereocenters. The van der Waals surface area contributed by atoms with Gasteiger partial charge in [-0.3, -0.25) is 9.59 Å². The van der Waals surface area contributed by atoms with Crippen molar-refractivity contribution in [3.05, 3.63) is 35.9 Å². The fourth-order valence-corrected chi connectivity index (χ4v) is 1.92. The molecule has 1 amide bonds. The van der Waals surface area contributed by atoms with Crippen LogP contribution in [0.15, 0.2) is 30.3 Å². The lowest BCUT2D eigenvalue weighted by molar-refractivity contribution is -0.141. The van der Waals surface area contributed by atoms with Crippen LogP contribution in [-0.2, 0) is 19.7 Å². The Kier molecular flexibility index (Phi) is 3.13. The predicted molar refractivity (Wildman–Crippen MR) is 62.4 cm³/mol. The highest BCUT2D eigenvalue weighted by molar-refractivity contribution is 5.93. The Balaban J connectivity index is 2.02. The van der Waals surface area contributed by atoms with Gasteiger partial charge in [-0.25, -0.2) is 0 Å². The first-order valence-corrected chi connectivity index (χ1v) is 5.60. The van der Waals surface area contributed by atoms with Gasteiger partial charge in [0, 0.05) is 0 Å². The number of carbonyl (C=O) groups is 2. The molecule has 0 spiro atoms. The highest BCUT2D eigenvalue weighted by Crippen LogP contribution is 2.48. The largest absolute Gasteiger partial charge is 0.468 e. The molecule has 0 aromatic heterocycles. The monoisotopic (exact) mass is 233 g/mol. The zero-order valence-electron chi connectivity index (χ0n) is 9.73. The molecule has 1 aromatic carbocycles. The summed E-state index contributed by atoms with van der Waals surface area (Å²) in [6.45, 7) is -0.0656. The molecule has 0 radical (unpaired) electrons. The van der Waals surface area contributed by atoms with E-state index in [0.29, 0.717) is 0 Å². The van der Waals surface area contributed by atoms with E-state index in [1.54, 1.807) is 0 Å². The van der Waals surface area contributed by atoms with Crippen molar-refractivity contribution in [1.29, 1.82) is 0 Å². The van der Waals surface area contributed by atoms with Gasteiger partial charge in [-0.2, -0.15) is 0 Å². The van der Waals surface area contributed by atoms with Crippen LogP contribution in [0.5, 0.6) is 0 Å². The van der Waals surface area contributed by atoms with Gasteiger partial charge in [0.15, 0.2) is 0 Å². The molecule has 1 aliphatic rings. The van der Waals surface area contributed by atoms with Crippen molar-refractivity contribution < 1.29 is 14.3 Å². The molecule has 1 fully saturated rings. The molecule has 2 rings (SSSR count). The van der Waals surface area contributed by atoms with Crippen LogP contribution in [0.1, 0.15) is 18.4 Å². The molecule has 0 heterocycles. The van der Waals surface area contributed by atoms with Crippen molar-refractivity contribution in [2.45, 2.75) is 18.3 Å². The minimum absolute atomic E-state index is 0.0656. The van der Waals surface area contributed by atoms with Gasteiger partial charge in [-0.05, 0) is 18.4 Å². The van der Waals surface area contributed by atoms with Crippen molar-refractivity contribution in [3.8, 4) is 0 Å². The quantitative estimate of drug-likeness (QED) is 0.789. The third kappa shape index (κ3) is 2.30. The average molecular weight is 233 g/mol. The number of amides is 1. The third-order valence-electron chi connectivity index (χ3n) is 3.13. The Morgan fingerprint density at radius 1 is 1.29 bits per heavy atom. The zero-order chi connectivity index (χ0) is 12.3. The molecule has 1 saturated carbocycles. The summed E-state index contributed by atoms with van der Waals surface area (Å²) >= 11 is 0. The summed E-state index contributed by atoms with van der Waals surface area (Å²) in [4.78, 5) is 23.0. The van der Waals surface area contributed by atoms with Gasteiger partial charge in [0.25, 0.3) is 0 Å². The smallest absolute Gasteiger partial charge is 0.325 e. The van der Waals surface area contributed by atoms with Gasteiger partial charge in [0.2, 0.25) is 5.91 Å². The maximum atomic E-state index is 12.0.